The first-order valence-electron chi connectivity index (χ1n) is 5.86. The Morgan fingerprint density at radius 1 is 1.22 bits per heavy atom. The highest BCUT2D eigenvalue weighted by atomic mass is 16.5. The van der Waals surface area contributed by atoms with Crippen LogP contribution >= 0.6 is 0 Å². The number of hydrogen-bond donors (Lipinski definition) is 2. The minimum atomic E-state index is -0.218. The highest BCUT2D eigenvalue weighted by molar-refractivity contribution is 5.73. The lowest BCUT2D eigenvalue weighted by Gasteiger charge is -2.16. The van der Waals surface area contributed by atoms with Crippen LogP contribution < -0.4 is 10.6 Å². The molecule has 0 aliphatic rings. The molecule has 0 saturated heterocycles. The number of rotatable bonds is 7. The quantitative estimate of drug-likeness (QED) is 0.719. The summed E-state index contributed by atoms with van der Waals surface area (Å²) in [5.41, 5.74) is 1.04. The first kappa shape index (κ1) is 14.5. The van der Waals surface area contributed by atoms with Crippen LogP contribution in [0.4, 0.5) is 4.79 Å². The number of amides is 2. The largest absolute Gasteiger partial charge is 0.383 e. The van der Waals surface area contributed by atoms with Crippen molar-refractivity contribution in [3.63, 3.8) is 0 Å². The average molecular weight is 252 g/mol. The summed E-state index contributed by atoms with van der Waals surface area (Å²) in [4.78, 5) is 11.4. The van der Waals surface area contributed by atoms with Crippen LogP contribution in [0.1, 0.15) is 11.7 Å². The van der Waals surface area contributed by atoms with E-state index in [0.29, 0.717) is 19.7 Å². The van der Waals surface area contributed by atoms with Crippen LogP contribution in [-0.4, -0.2) is 39.9 Å². The fraction of sp³-hybridized carbons (Fsp3) is 0.462. The fourth-order valence-corrected chi connectivity index (χ4v) is 1.52. The van der Waals surface area contributed by atoms with Gasteiger partial charge in [0.05, 0.1) is 12.7 Å². The number of hydrogen-bond acceptors (Lipinski definition) is 3. The third-order valence-corrected chi connectivity index (χ3v) is 2.50. The first-order valence-corrected chi connectivity index (χ1v) is 5.86. The monoisotopic (exact) mass is 252 g/mol. The van der Waals surface area contributed by atoms with E-state index in [-0.39, 0.29) is 12.1 Å². The molecule has 1 rings (SSSR count). The van der Waals surface area contributed by atoms with Crippen LogP contribution in [0.2, 0.25) is 0 Å². The normalized spacial score (nSPS) is 11.9. The summed E-state index contributed by atoms with van der Waals surface area (Å²) in [7, 11) is 3.22. The Labute approximate surface area is 107 Å². The lowest BCUT2D eigenvalue weighted by molar-refractivity contribution is 0.104. The third-order valence-electron chi connectivity index (χ3n) is 2.50. The maximum Gasteiger partial charge on any atom is 0.314 e. The van der Waals surface area contributed by atoms with E-state index in [4.69, 9.17) is 9.47 Å². The van der Waals surface area contributed by atoms with Gasteiger partial charge in [-0.1, -0.05) is 30.3 Å². The Balaban J connectivity index is 2.34. The summed E-state index contributed by atoms with van der Waals surface area (Å²) in [6.07, 6.45) is -0.139. The van der Waals surface area contributed by atoms with Crippen molar-refractivity contribution in [1.82, 2.24) is 10.6 Å². The minimum Gasteiger partial charge on any atom is -0.383 e. The summed E-state index contributed by atoms with van der Waals surface area (Å²) < 4.78 is 10.2. The number of nitrogens with one attached hydrogen (secondary N) is 2. The van der Waals surface area contributed by atoms with Crippen molar-refractivity contribution in [2.24, 2.45) is 0 Å². The predicted molar refractivity (Wildman–Crippen MR) is 69.5 cm³/mol. The Morgan fingerprint density at radius 3 is 2.56 bits per heavy atom. The van der Waals surface area contributed by atoms with Crippen molar-refractivity contribution in [2.75, 3.05) is 33.9 Å². The Bertz CT molecular complexity index is 343. The van der Waals surface area contributed by atoms with Crippen LogP contribution in [0.5, 0.6) is 0 Å². The van der Waals surface area contributed by atoms with Crippen molar-refractivity contribution in [2.45, 2.75) is 6.10 Å². The molecule has 0 bridgehead atoms. The molecule has 1 atom stereocenters. The van der Waals surface area contributed by atoms with Gasteiger partial charge in [-0.3, -0.25) is 0 Å². The van der Waals surface area contributed by atoms with Crippen LogP contribution in [0.15, 0.2) is 30.3 Å². The number of ether oxygens (including phenoxy) is 2. The maximum atomic E-state index is 11.4. The molecule has 0 radical (unpaired) electrons. The highest BCUT2D eigenvalue weighted by Gasteiger charge is 2.10. The number of carbonyl (C=O) groups is 1. The van der Waals surface area contributed by atoms with Crippen molar-refractivity contribution in [3.8, 4) is 0 Å². The Hall–Kier alpha value is -1.59. The zero-order valence-corrected chi connectivity index (χ0v) is 10.8. The van der Waals surface area contributed by atoms with Gasteiger partial charge in [0.2, 0.25) is 0 Å². The number of benzene rings is 1. The number of carbonyl (C=O) groups excluding carboxylic acids is 1. The van der Waals surface area contributed by atoms with Crippen LogP contribution in [0.3, 0.4) is 0 Å². The average Bonchev–Trinajstić information content (AvgIpc) is 2.41. The van der Waals surface area contributed by atoms with Gasteiger partial charge in [-0.25, -0.2) is 4.79 Å². The maximum absolute atomic E-state index is 11.4. The molecule has 5 nitrogen and oxygen atoms in total. The number of urea groups is 1. The van der Waals surface area contributed by atoms with Gasteiger partial charge in [0, 0.05) is 27.3 Å². The van der Waals surface area contributed by atoms with E-state index in [2.05, 4.69) is 10.6 Å². The molecule has 1 aromatic carbocycles. The molecule has 2 amide bonds. The Morgan fingerprint density at radius 2 is 1.94 bits per heavy atom. The minimum absolute atomic E-state index is 0.139. The standard InChI is InChI=1S/C13H20N2O3/c1-17-9-8-14-13(16)15-10-12(18-2)11-6-4-3-5-7-11/h3-7,12H,8-10H2,1-2H3,(H2,14,15,16)/t12-/m0/s1. The molecule has 5 heteroatoms. The van der Waals surface area contributed by atoms with E-state index in [1.165, 1.54) is 0 Å². The molecule has 0 saturated carbocycles. The molecule has 1 aromatic rings. The number of methoxy groups -OCH3 is 2. The van der Waals surface area contributed by atoms with E-state index in [1.54, 1.807) is 14.2 Å². The summed E-state index contributed by atoms with van der Waals surface area (Å²) >= 11 is 0. The molecule has 0 heterocycles. The molecular weight excluding hydrogens is 232 g/mol. The molecule has 18 heavy (non-hydrogen) atoms. The van der Waals surface area contributed by atoms with Gasteiger partial charge in [0.15, 0.2) is 0 Å². The van der Waals surface area contributed by atoms with E-state index in [9.17, 15) is 4.79 Å². The highest BCUT2D eigenvalue weighted by Crippen LogP contribution is 2.14. The van der Waals surface area contributed by atoms with Crippen LogP contribution in [0, 0.1) is 0 Å². The molecule has 0 fully saturated rings. The lowest BCUT2D eigenvalue weighted by atomic mass is 10.1. The second-order valence-electron chi connectivity index (χ2n) is 3.76. The fourth-order valence-electron chi connectivity index (χ4n) is 1.52. The van der Waals surface area contributed by atoms with Gasteiger partial charge in [0.1, 0.15) is 0 Å². The van der Waals surface area contributed by atoms with Crippen molar-refractivity contribution in [3.05, 3.63) is 35.9 Å². The molecule has 0 aliphatic carbocycles. The van der Waals surface area contributed by atoms with Gasteiger partial charge in [0.25, 0.3) is 0 Å². The van der Waals surface area contributed by atoms with Gasteiger partial charge in [-0.15, -0.1) is 0 Å². The first-order chi connectivity index (χ1) is 8.77. The smallest absolute Gasteiger partial charge is 0.314 e. The van der Waals surface area contributed by atoms with Gasteiger partial charge >= 0.3 is 6.03 Å². The second kappa shape index (κ2) is 8.49. The summed E-state index contributed by atoms with van der Waals surface area (Å²) in [5, 5.41) is 5.44. The second-order valence-corrected chi connectivity index (χ2v) is 3.76. The van der Waals surface area contributed by atoms with Crippen molar-refractivity contribution >= 4 is 6.03 Å². The van der Waals surface area contributed by atoms with E-state index in [0.717, 1.165) is 5.56 Å². The van der Waals surface area contributed by atoms with E-state index >= 15 is 0 Å². The molecular formula is C13H20N2O3. The zero-order valence-electron chi connectivity index (χ0n) is 10.8. The molecule has 0 aromatic heterocycles. The summed E-state index contributed by atoms with van der Waals surface area (Å²) in [5.74, 6) is 0. The molecule has 2 N–H and O–H groups in total. The zero-order chi connectivity index (χ0) is 13.2. The summed E-state index contributed by atoms with van der Waals surface area (Å²) in [6, 6.07) is 9.56. The van der Waals surface area contributed by atoms with Gasteiger partial charge in [-0.05, 0) is 5.56 Å². The van der Waals surface area contributed by atoms with Crippen LogP contribution in [0.25, 0.3) is 0 Å². The topological polar surface area (TPSA) is 59.6 Å². The molecule has 0 spiro atoms. The van der Waals surface area contributed by atoms with Crippen molar-refractivity contribution in [1.29, 1.82) is 0 Å². The lowest BCUT2D eigenvalue weighted by Crippen LogP contribution is -2.39. The SMILES string of the molecule is COCCNC(=O)NC[C@H](OC)c1ccccc1. The van der Waals surface area contributed by atoms with Crippen LogP contribution in [-0.2, 0) is 9.47 Å². The predicted octanol–water partition coefficient (Wildman–Crippen LogP) is 1.32. The molecule has 0 unspecified atom stereocenters. The van der Waals surface area contributed by atoms with Crippen molar-refractivity contribution < 1.29 is 14.3 Å². The Kier molecular flexibility index (Phi) is 6.83. The van der Waals surface area contributed by atoms with Gasteiger partial charge < -0.3 is 20.1 Å². The molecule has 0 aliphatic heterocycles. The van der Waals surface area contributed by atoms with E-state index in [1.807, 2.05) is 30.3 Å². The molecule has 100 valence electrons. The van der Waals surface area contributed by atoms with E-state index < -0.39 is 0 Å². The summed E-state index contributed by atoms with van der Waals surface area (Å²) in [6.45, 7) is 1.42. The van der Waals surface area contributed by atoms with Gasteiger partial charge in [-0.2, -0.15) is 0 Å². The third kappa shape index (κ3) is 5.16.